The van der Waals surface area contributed by atoms with E-state index in [1.54, 1.807) is 0 Å². The maximum atomic E-state index is 14.3. The molecule has 6 nitrogen and oxygen atoms in total. The number of rotatable bonds is 13. The standard InChI is InChI=1S/C26H31F5NO5PS/c1-3-16(4-2)15-39-20(33)14-32-38(34,37-26-24(30)22(28)21(27)23(29)25(26)31)36-19-12-10-18(11-13-19)35-17-8-6-5-7-9-17/h10-13,16-17H,3-9,14-15H2,1-2H3,(H,32,34). The SMILES string of the molecule is CCC(CC)CSC(=O)CNP(=O)(Oc1ccc(OC2CCCCC2)cc1)Oc1c(F)c(F)c(F)c(F)c1F. The van der Waals surface area contributed by atoms with Crippen molar-refractivity contribution in [1.82, 2.24) is 5.09 Å². The van der Waals surface area contributed by atoms with Gasteiger partial charge in [0.15, 0.2) is 0 Å². The van der Waals surface area contributed by atoms with Crippen molar-refractivity contribution in [2.24, 2.45) is 5.92 Å². The summed E-state index contributed by atoms with van der Waals surface area (Å²) in [5, 5.41) is 1.70. The Morgan fingerprint density at radius 1 is 0.897 bits per heavy atom. The number of ether oxygens (including phenoxy) is 1. The van der Waals surface area contributed by atoms with Crippen LogP contribution in [0.3, 0.4) is 0 Å². The lowest BCUT2D eigenvalue weighted by Gasteiger charge is -2.23. The molecule has 0 saturated heterocycles. The van der Waals surface area contributed by atoms with Crippen LogP contribution in [-0.2, 0) is 9.36 Å². The summed E-state index contributed by atoms with van der Waals surface area (Å²) in [6.45, 7) is 3.33. The number of carbonyl (C=O) groups is 1. The van der Waals surface area contributed by atoms with Crippen LogP contribution in [0.2, 0.25) is 0 Å². The number of hydrogen-bond donors (Lipinski definition) is 1. The molecule has 0 aromatic heterocycles. The number of hydrogen-bond acceptors (Lipinski definition) is 6. The molecule has 2 aromatic carbocycles. The van der Waals surface area contributed by atoms with Crippen LogP contribution in [0, 0.1) is 35.0 Å². The number of benzene rings is 2. The second-order valence-corrected chi connectivity index (χ2v) is 11.9. The molecule has 216 valence electrons. The van der Waals surface area contributed by atoms with E-state index in [0.717, 1.165) is 56.7 Å². The molecule has 39 heavy (non-hydrogen) atoms. The van der Waals surface area contributed by atoms with Crippen LogP contribution < -0.4 is 18.9 Å². The van der Waals surface area contributed by atoms with Crippen LogP contribution in [0.25, 0.3) is 0 Å². The molecule has 0 spiro atoms. The van der Waals surface area contributed by atoms with Gasteiger partial charge in [-0.3, -0.25) is 4.79 Å². The lowest BCUT2D eigenvalue weighted by Crippen LogP contribution is -2.25. The number of carbonyl (C=O) groups excluding carboxylic acids is 1. The number of nitrogens with one attached hydrogen (secondary N) is 1. The Kier molecular flexibility index (Phi) is 11.5. The Hall–Kier alpha value is -2.30. The average Bonchev–Trinajstić information content (AvgIpc) is 2.94. The van der Waals surface area contributed by atoms with E-state index in [9.17, 15) is 31.3 Å². The molecule has 1 fully saturated rings. The third kappa shape index (κ3) is 8.59. The van der Waals surface area contributed by atoms with Crippen molar-refractivity contribution in [2.75, 3.05) is 12.3 Å². The van der Waals surface area contributed by atoms with E-state index in [-0.39, 0.29) is 17.8 Å². The van der Waals surface area contributed by atoms with Crippen LogP contribution in [0.15, 0.2) is 24.3 Å². The van der Waals surface area contributed by atoms with Crippen LogP contribution in [0.5, 0.6) is 17.2 Å². The molecule has 13 heteroatoms. The zero-order chi connectivity index (χ0) is 28.6. The monoisotopic (exact) mass is 595 g/mol. The summed E-state index contributed by atoms with van der Waals surface area (Å²) < 4.78 is 99.1. The molecular formula is C26H31F5NO5PS. The highest BCUT2D eigenvalue weighted by atomic mass is 32.2. The van der Waals surface area contributed by atoms with Crippen LogP contribution in [-0.4, -0.2) is 23.5 Å². The maximum Gasteiger partial charge on any atom is 0.513 e. The molecule has 1 aliphatic rings. The van der Waals surface area contributed by atoms with Gasteiger partial charge in [-0.15, -0.1) is 0 Å². The van der Waals surface area contributed by atoms with Gasteiger partial charge in [-0.1, -0.05) is 44.9 Å². The van der Waals surface area contributed by atoms with E-state index in [0.29, 0.717) is 11.5 Å². The summed E-state index contributed by atoms with van der Waals surface area (Å²) in [5.74, 6) is -12.3. The molecule has 1 aliphatic carbocycles. The van der Waals surface area contributed by atoms with Crippen LogP contribution in [0.4, 0.5) is 22.0 Å². The molecule has 0 heterocycles. The first kappa shape index (κ1) is 31.2. The normalized spacial score (nSPS) is 15.7. The van der Waals surface area contributed by atoms with Gasteiger partial charge in [-0.05, 0) is 55.9 Å². The zero-order valence-corrected chi connectivity index (χ0v) is 23.3. The largest absolute Gasteiger partial charge is 0.513 e. The van der Waals surface area contributed by atoms with Gasteiger partial charge >= 0.3 is 7.75 Å². The average molecular weight is 596 g/mol. The molecule has 1 unspecified atom stereocenters. The topological polar surface area (TPSA) is 73.9 Å². The minimum Gasteiger partial charge on any atom is -0.490 e. The Morgan fingerprint density at radius 2 is 1.44 bits per heavy atom. The van der Waals surface area contributed by atoms with E-state index in [1.807, 2.05) is 13.8 Å². The summed E-state index contributed by atoms with van der Waals surface area (Å²) >= 11 is 0.951. The molecule has 0 radical (unpaired) electrons. The Morgan fingerprint density at radius 3 is 2.00 bits per heavy atom. The van der Waals surface area contributed by atoms with E-state index >= 15 is 0 Å². The quantitative estimate of drug-likeness (QED) is 0.109. The molecule has 1 saturated carbocycles. The van der Waals surface area contributed by atoms with Crippen molar-refractivity contribution in [3.63, 3.8) is 0 Å². The van der Waals surface area contributed by atoms with Gasteiger partial charge in [-0.2, -0.15) is 13.9 Å². The summed E-state index contributed by atoms with van der Waals surface area (Å²) in [6, 6.07) is 5.72. The van der Waals surface area contributed by atoms with Gasteiger partial charge in [-0.25, -0.2) is 17.7 Å². The predicted molar refractivity (Wildman–Crippen MR) is 139 cm³/mol. The third-order valence-corrected chi connectivity index (χ3v) is 8.86. The van der Waals surface area contributed by atoms with Gasteiger partial charge in [0.25, 0.3) is 0 Å². The van der Waals surface area contributed by atoms with Crippen molar-refractivity contribution >= 4 is 24.6 Å². The van der Waals surface area contributed by atoms with Crippen molar-refractivity contribution < 1.29 is 45.1 Å². The van der Waals surface area contributed by atoms with Crippen molar-refractivity contribution in [3.05, 3.63) is 53.4 Å². The fourth-order valence-electron chi connectivity index (χ4n) is 3.91. The summed E-state index contributed by atoms with van der Waals surface area (Å²) in [6.07, 6.45) is 6.84. The summed E-state index contributed by atoms with van der Waals surface area (Å²) in [5.41, 5.74) is 0. The molecular weight excluding hydrogens is 564 g/mol. The van der Waals surface area contributed by atoms with Crippen LogP contribution >= 0.6 is 19.5 Å². The molecule has 0 amide bonds. The highest BCUT2D eigenvalue weighted by molar-refractivity contribution is 8.13. The highest BCUT2D eigenvalue weighted by Crippen LogP contribution is 2.47. The van der Waals surface area contributed by atoms with Gasteiger partial charge in [0.05, 0.1) is 12.6 Å². The van der Waals surface area contributed by atoms with Crippen LogP contribution in [0.1, 0.15) is 58.8 Å². The fourth-order valence-corrected chi connectivity index (χ4v) is 6.39. The third-order valence-electron chi connectivity index (χ3n) is 6.34. The van der Waals surface area contributed by atoms with E-state index in [4.69, 9.17) is 13.8 Å². The maximum absolute atomic E-state index is 14.3. The van der Waals surface area contributed by atoms with E-state index < -0.39 is 54.2 Å². The number of halogens is 5. The lowest BCUT2D eigenvalue weighted by atomic mass is 9.98. The fraction of sp³-hybridized carbons (Fsp3) is 0.500. The Balaban J connectivity index is 1.79. The van der Waals surface area contributed by atoms with Gasteiger partial charge < -0.3 is 13.8 Å². The summed E-state index contributed by atoms with van der Waals surface area (Å²) in [4.78, 5) is 12.4. The van der Waals surface area contributed by atoms with Crippen molar-refractivity contribution in [3.8, 4) is 17.2 Å². The van der Waals surface area contributed by atoms with Gasteiger partial charge in [0.1, 0.15) is 11.5 Å². The molecule has 0 aliphatic heterocycles. The molecule has 3 rings (SSSR count). The zero-order valence-electron chi connectivity index (χ0n) is 21.6. The first-order chi connectivity index (χ1) is 18.6. The molecule has 2 aromatic rings. The van der Waals surface area contributed by atoms with Gasteiger partial charge in [0.2, 0.25) is 40.0 Å². The second-order valence-electron chi connectivity index (χ2n) is 9.13. The van der Waals surface area contributed by atoms with E-state index in [1.165, 1.54) is 24.3 Å². The first-order valence-electron chi connectivity index (χ1n) is 12.7. The molecule has 0 bridgehead atoms. The smallest absolute Gasteiger partial charge is 0.490 e. The Labute approximate surface area is 228 Å². The second kappa shape index (κ2) is 14.4. The highest BCUT2D eigenvalue weighted by Gasteiger charge is 2.36. The van der Waals surface area contributed by atoms with Gasteiger partial charge in [0, 0.05) is 5.75 Å². The Bertz CT molecular complexity index is 1150. The predicted octanol–water partition coefficient (Wildman–Crippen LogP) is 7.95. The summed E-state index contributed by atoms with van der Waals surface area (Å²) in [7, 11) is -4.90. The van der Waals surface area contributed by atoms with Crippen molar-refractivity contribution in [1.29, 1.82) is 0 Å². The minimum absolute atomic E-state index is 0.0550. The number of thioether (sulfide) groups is 1. The lowest BCUT2D eigenvalue weighted by molar-refractivity contribution is -0.110. The first-order valence-corrected chi connectivity index (χ1v) is 15.3. The van der Waals surface area contributed by atoms with Crippen molar-refractivity contribution in [2.45, 2.75) is 64.9 Å². The minimum atomic E-state index is -4.90. The molecule has 1 atom stereocenters. The molecule has 1 N–H and O–H groups in total. The van der Waals surface area contributed by atoms with E-state index in [2.05, 4.69) is 5.09 Å².